The average molecular weight is 504 g/mol. The molecule has 0 saturated carbocycles. The van der Waals surface area contributed by atoms with Crippen molar-refractivity contribution in [2.75, 3.05) is 50.8 Å². The highest BCUT2D eigenvalue weighted by molar-refractivity contribution is 7.89. The molecule has 2 fully saturated rings. The molecule has 2 aromatic heterocycles. The fourth-order valence-electron chi connectivity index (χ4n) is 4.98. The highest BCUT2D eigenvalue weighted by Gasteiger charge is 2.39. The molecule has 2 saturated heterocycles. The molecular weight excluding hydrogens is 470 g/mol. The number of piperazine rings is 1. The Hall–Kier alpha value is -2.92. The number of ether oxygens (including phenoxy) is 1. The predicted octanol–water partition coefficient (Wildman–Crippen LogP) is 1.95. The quantitative estimate of drug-likeness (QED) is 0.599. The topological polar surface area (TPSA) is 116 Å². The van der Waals surface area contributed by atoms with Gasteiger partial charge in [-0.05, 0) is 45.7 Å². The maximum atomic E-state index is 13.7. The van der Waals surface area contributed by atoms with Crippen molar-refractivity contribution < 1.29 is 22.7 Å². The molecule has 35 heavy (non-hydrogen) atoms. The summed E-state index contributed by atoms with van der Waals surface area (Å²) in [7, 11) is -3.99. The second-order valence-electron chi connectivity index (χ2n) is 9.00. The number of amides is 1. The zero-order valence-corrected chi connectivity index (χ0v) is 21.3. The second kappa shape index (κ2) is 10.4. The van der Waals surface area contributed by atoms with Gasteiger partial charge in [-0.1, -0.05) is 6.07 Å². The third-order valence-electron chi connectivity index (χ3n) is 6.69. The molecule has 2 aliphatic rings. The fraction of sp³-hybridized carbons (Fsp3) is 0.542. The number of piperidine rings is 1. The number of nitrogens with one attached hydrogen (secondary N) is 1. The molecule has 0 bridgehead atoms. The molecule has 190 valence electrons. The van der Waals surface area contributed by atoms with Gasteiger partial charge in [-0.2, -0.15) is 4.31 Å². The summed E-state index contributed by atoms with van der Waals surface area (Å²) in [6, 6.07) is 5.77. The molecule has 1 unspecified atom stereocenters. The van der Waals surface area contributed by atoms with Crippen molar-refractivity contribution in [2.24, 2.45) is 5.92 Å². The monoisotopic (exact) mass is 503 g/mol. The number of hydrogen-bond donors (Lipinski definition) is 1. The van der Waals surface area contributed by atoms with E-state index in [0.29, 0.717) is 57.0 Å². The second-order valence-corrected chi connectivity index (χ2v) is 10.9. The number of hydrogen-bond acceptors (Lipinski definition) is 7. The molecule has 1 N–H and O–H groups in total. The Bertz CT molecular complexity index is 1170. The Balaban J connectivity index is 1.47. The third-order valence-corrected chi connectivity index (χ3v) is 8.73. The number of aryl methyl sites for hydroxylation is 2. The van der Waals surface area contributed by atoms with E-state index in [1.165, 1.54) is 4.31 Å². The van der Waals surface area contributed by atoms with Crippen molar-refractivity contribution in [1.29, 1.82) is 0 Å². The van der Waals surface area contributed by atoms with Crippen LogP contribution < -0.4 is 4.90 Å². The fourth-order valence-corrected chi connectivity index (χ4v) is 6.91. The smallest absolute Gasteiger partial charge is 0.341 e. The molecule has 2 aliphatic heterocycles. The van der Waals surface area contributed by atoms with Gasteiger partial charge >= 0.3 is 5.97 Å². The summed E-state index contributed by atoms with van der Waals surface area (Å²) >= 11 is 0. The van der Waals surface area contributed by atoms with Gasteiger partial charge in [0, 0.05) is 56.9 Å². The van der Waals surface area contributed by atoms with Crippen LogP contribution in [0.4, 0.5) is 5.82 Å². The molecule has 1 atom stereocenters. The highest BCUT2D eigenvalue weighted by Crippen LogP contribution is 2.31. The van der Waals surface area contributed by atoms with Gasteiger partial charge in [-0.3, -0.25) is 4.79 Å². The summed E-state index contributed by atoms with van der Waals surface area (Å²) in [5, 5.41) is 0. The molecule has 4 rings (SSSR count). The molecule has 1 amide bonds. The first-order valence-corrected chi connectivity index (χ1v) is 13.5. The lowest BCUT2D eigenvalue weighted by Gasteiger charge is -2.39. The molecule has 0 aromatic carbocycles. The van der Waals surface area contributed by atoms with E-state index in [4.69, 9.17) is 4.74 Å². The van der Waals surface area contributed by atoms with E-state index in [1.54, 1.807) is 27.0 Å². The summed E-state index contributed by atoms with van der Waals surface area (Å²) in [5.74, 6) is -0.197. The van der Waals surface area contributed by atoms with Crippen LogP contribution in [-0.2, 0) is 19.6 Å². The summed E-state index contributed by atoms with van der Waals surface area (Å²) in [5.41, 5.74) is 0.892. The average Bonchev–Trinajstić information content (AvgIpc) is 3.18. The number of anilines is 1. The zero-order valence-electron chi connectivity index (χ0n) is 20.5. The van der Waals surface area contributed by atoms with Gasteiger partial charge in [0.1, 0.15) is 16.3 Å². The minimum absolute atomic E-state index is 0.0156. The maximum Gasteiger partial charge on any atom is 0.341 e. The first-order valence-electron chi connectivity index (χ1n) is 12.0. The number of sulfonamides is 1. The summed E-state index contributed by atoms with van der Waals surface area (Å²) in [6.07, 6.45) is 2.98. The Kier molecular flexibility index (Phi) is 7.46. The number of esters is 1. The molecule has 2 aromatic rings. The van der Waals surface area contributed by atoms with Crippen LogP contribution in [0.1, 0.15) is 41.5 Å². The zero-order chi connectivity index (χ0) is 25.2. The molecule has 11 heteroatoms. The van der Waals surface area contributed by atoms with Crippen LogP contribution in [0.2, 0.25) is 0 Å². The summed E-state index contributed by atoms with van der Waals surface area (Å²) in [6.45, 7) is 8.04. The molecule has 0 spiro atoms. The van der Waals surface area contributed by atoms with Crippen LogP contribution in [0, 0.1) is 19.8 Å². The summed E-state index contributed by atoms with van der Waals surface area (Å²) < 4.78 is 33.8. The van der Waals surface area contributed by atoms with E-state index in [9.17, 15) is 18.0 Å². The summed E-state index contributed by atoms with van der Waals surface area (Å²) in [4.78, 5) is 37.2. The van der Waals surface area contributed by atoms with Crippen molar-refractivity contribution in [1.82, 2.24) is 19.2 Å². The lowest BCUT2D eigenvalue weighted by atomic mass is 9.98. The maximum absolute atomic E-state index is 13.7. The largest absolute Gasteiger partial charge is 0.462 e. The number of pyridine rings is 1. The van der Waals surface area contributed by atoms with Crippen molar-refractivity contribution >= 4 is 27.7 Å². The van der Waals surface area contributed by atoms with Gasteiger partial charge in [0.25, 0.3) is 0 Å². The number of carbonyl (C=O) groups is 2. The van der Waals surface area contributed by atoms with Gasteiger partial charge in [-0.15, -0.1) is 0 Å². The minimum atomic E-state index is -3.99. The molecule has 10 nitrogen and oxygen atoms in total. The van der Waals surface area contributed by atoms with E-state index < -0.39 is 21.9 Å². The van der Waals surface area contributed by atoms with Crippen molar-refractivity contribution in [2.45, 2.75) is 38.5 Å². The van der Waals surface area contributed by atoms with Crippen LogP contribution in [0.5, 0.6) is 0 Å². The van der Waals surface area contributed by atoms with E-state index in [0.717, 1.165) is 5.82 Å². The van der Waals surface area contributed by atoms with Crippen LogP contribution in [0.3, 0.4) is 0 Å². The number of aromatic nitrogens is 2. The predicted molar refractivity (Wildman–Crippen MR) is 131 cm³/mol. The standard InChI is InChI=1S/C24H33N5O5S/c1-4-34-24(31)21-17(2)26-18(3)22(21)35(32,33)29-11-7-8-19(16-29)23(30)28-14-12-27(13-15-28)20-9-5-6-10-25-20/h5-6,9-10,19,26H,4,7-8,11-16H2,1-3H3. The first kappa shape index (κ1) is 25.2. The van der Waals surface area contributed by atoms with E-state index >= 15 is 0 Å². The van der Waals surface area contributed by atoms with E-state index in [-0.39, 0.29) is 29.5 Å². The molecular formula is C24H33N5O5S. The Morgan fingerprint density at radius 1 is 1.11 bits per heavy atom. The van der Waals surface area contributed by atoms with Crippen LogP contribution in [0.25, 0.3) is 0 Å². The number of H-pyrrole nitrogens is 1. The van der Waals surface area contributed by atoms with Gasteiger partial charge in [0.15, 0.2) is 0 Å². The number of rotatable bonds is 6. The van der Waals surface area contributed by atoms with E-state index in [1.807, 2.05) is 23.1 Å². The van der Waals surface area contributed by atoms with Crippen LogP contribution in [-0.4, -0.2) is 85.3 Å². The first-order chi connectivity index (χ1) is 16.7. The van der Waals surface area contributed by atoms with Gasteiger partial charge in [0.2, 0.25) is 15.9 Å². The number of carbonyl (C=O) groups excluding carboxylic acids is 2. The lowest BCUT2D eigenvalue weighted by molar-refractivity contribution is -0.137. The Labute approximate surface area is 206 Å². The Morgan fingerprint density at radius 3 is 2.51 bits per heavy atom. The molecule has 0 radical (unpaired) electrons. The van der Waals surface area contributed by atoms with Crippen molar-refractivity contribution in [3.05, 3.63) is 41.3 Å². The third kappa shape index (κ3) is 5.06. The van der Waals surface area contributed by atoms with Gasteiger partial charge in [0.05, 0.1) is 12.5 Å². The minimum Gasteiger partial charge on any atom is -0.462 e. The van der Waals surface area contributed by atoms with Crippen molar-refractivity contribution in [3.63, 3.8) is 0 Å². The van der Waals surface area contributed by atoms with Crippen LogP contribution in [0.15, 0.2) is 29.3 Å². The normalized spacial score (nSPS) is 19.6. The Morgan fingerprint density at radius 2 is 1.86 bits per heavy atom. The SMILES string of the molecule is CCOC(=O)c1c(C)[nH]c(C)c1S(=O)(=O)N1CCCC(C(=O)N2CCN(c3ccccn3)CC2)C1. The number of aromatic amines is 1. The van der Waals surface area contributed by atoms with Gasteiger partial charge in [-0.25, -0.2) is 18.2 Å². The molecule has 4 heterocycles. The van der Waals surface area contributed by atoms with Crippen molar-refractivity contribution in [3.8, 4) is 0 Å². The lowest BCUT2D eigenvalue weighted by Crippen LogP contribution is -2.53. The van der Waals surface area contributed by atoms with Crippen LogP contribution >= 0.6 is 0 Å². The molecule has 0 aliphatic carbocycles. The number of nitrogens with zero attached hydrogens (tertiary/aromatic N) is 4. The van der Waals surface area contributed by atoms with Gasteiger partial charge < -0.3 is 19.5 Å². The van der Waals surface area contributed by atoms with E-state index in [2.05, 4.69) is 14.9 Å². The highest BCUT2D eigenvalue weighted by atomic mass is 32.2.